The molecule has 2 aromatic carbocycles. The lowest BCUT2D eigenvalue weighted by Crippen LogP contribution is -2.22. The second-order valence-electron chi connectivity index (χ2n) is 7.62. The Kier molecular flexibility index (Phi) is 7.95. The van der Waals surface area contributed by atoms with E-state index in [1.807, 2.05) is 12.1 Å². The molecular formula is C25H28ClFO. The lowest BCUT2D eigenvalue weighted by atomic mass is 9.83. The first kappa shape index (κ1) is 20.9. The zero-order valence-corrected chi connectivity index (χ0v) is 17.3. The zero-order chi connectivity index (χ0) is 19.8. The molecular weight excluding hydrogens is 371 g/mol. The molecule has 0 unspecified atom stereocenters. The van der Waals surface area contributed by atoms with E-state index in [0.717, 1.165) is 30.9 Å². The van der Waals surface area contributed by atoms with E-state index in [2.05, 4.69) is 30.9 Å². The van der Waals surface area contributed by atoms with Crippen molar-refractivity contribution in [3.8, 4) is 11.8 Å². The third-order valence-corrected chi connectivity index (χ3v) is 5.65. The van der Waals surface area contributed by atoms with E-state index in [1.54, 1.807) is 12.1 Å². The normalized spacial score (nSPS) is 19.1. The number of halogens is 2. The summed E-state index contributed by atoms with van der Waals surface area (Å²) in [5.41, 5.74) is 2.60. The molecule has 28 heavy (non-hydrogen) atoms. The number of hydrogen-bond donors (Lipinski definition) is 0. The van der Waals surface area contributed by atoms with Crippen LogP contribution >= 0.6 is 11.6 Å². The van der Waals surface area contributed by atoms with Gasteiger partial charge in [0.2, 0.25) is 0 Å². The van der Waals surface area contributed by atoms with Gasteiger partial charge in [-0.15, -0.1) is 0 Å². The maximum atomic E-state index is 13.8. The van der Waals surface area contributed by atoms with Crippen LogP contribution < -0.4 is 0 Å². The molecule has 0 saturated heterocycles. The quantitative estimate of drug-likeness (QED) is 0.486. The third-order valence-electron chi connectivity index (χ3n) is 5.42. The van der Waals surface area contributed by atoms with E-state index in [1.165, 1.54) is 43.7 Å². The Balaban J connectivity index is 1.47. The Bertz CT molecular complexity index is 811. The van der Waals surface area contributed by atoms with Gasteiger partial charge in [-0.2, -0.15) is 0 Å². The van der Waals surface area contributed by atoms with E-state index in [0.29, 0.717) is 16.7 Å². The van der Waals surface area contributed by atoms with E-state index in [9.17, 15) is 4.39 Å². The lowest BCUT2D eigenvalue weighted by molar-refractivity contribution is 0.0177. The van der Waals surface area contributed by atoms with Gasteiger partial charge in [0.05, 0.1) is 11.7 Å². The van der Waals surface area contributed by atoms with Crippen molar-refractivity contribution >= 4 is 11.6 Å². The molecule has 0 aliphatic heterocycles. The number of aryl methyl sites for hydroxylation is 1. The van der Waals surface area contributed by atoms with Gasteiger partial charge >= 0.3 is 0 Å². The van der Waals surface area contributed by atoms with Gasteiger partial charge in [0.1, 0.15) is 5.82 Å². The van der Waals surface area contributed by atoms with Crippen LogP contribution in [0.3, 0.4) is 0 Å². The summed E-state index contributed by atoms with van der Waals surface area (Å²) in [5.74, 6) is 6.34. The highest BCUT2D eigenvalue weighted by Gasteiger charge is 2.21. The van der Waals surface area contributed by atoms with Crippen LogP contribution in [0.4, 0.5) is 4.39 Å². The van der Waals surface area contributed by atoms with Crippen LogP contribution in [0.1, 0.15) is 62.1 Å². The van der Waals surface area contributed by atoms with Crippen molar-refractivity contribution in [2.24, 2.45) is 5.92 Å². The maximum Gasteiger partial charge on any atom is 0.140 e. The van der Waals surface area contributed by atoms with Crippen LogP contribution in [0.2, 0.25) is 5.02 Å². The molecule has 0 radical (unpaired) electrons. The van der Waals surface area contributed by atoms with Crippen molar-refractivity contribution in [3.05, 3.63) is 70.0 Å². The number of benzene rings is 2. The van der Waals surface area contributed by atoms with Gasteiger partial charge < -0.3 is 4.74 Å². The molecule has 2 aromatic rings. The average Bonchev–Trinajstić information content (AvgIpc) is 2.71. The Labute approximate surface area is 173 Å². The fourth-order valence-corrected chi connectivity index (χ4v) is 3.89. The van der Waals surface area contributed by atoms with Gasteiger partial charge in [0.25, 0.3) is 0 Å². The number of ether oxygens (including phenoxy) is 1. The fourth-order valence-electron chi connectivity index (χ4n) is 3.73. The Morgan fingerprint density at radius 1 is 1.04 bits per heavy atom. The minimum atomic E-state index is -0.383. The fraction of sp³-hybridized carbons (Fsp3) is 0.440. The molecule has 1 aliphatic carbocycles. The van der Waals surface area contributed by atoms with E-state index < -0.39 is 0 Å². The molecule has 3 rings (SSSR count). The van der Waals surface area contributed by atoms with Crippen molar-refractivity contribution in [1.29, 1.82) is 0 Å². The SMILES string of the molecule is CCCOC1CCC(CCc2ccc(C#Cc3ccc(Cl)cc3F)cc2)CC1. The summed E-state index contributed by atoms with van der Waals surface area (Å²) in [4.78, 5) is 0. The van der Waals surface area contributed by atoms with Gasteiger partial charge in [-0.25, -0.2) is 4.39 Å². The summed E-state index contributed by atoms with van der Waals surface area (Å²) < 4.78 is 19.7. The van der Waals surface area contributed by atoms with Crippen LogP contribution in [0, 0.1) is 23.6 Å². The summed E-state index contributed by atoms with van der Waals surface area (Å²) in [7, 11) is 0. The molecule has 0 heterocycles. The summed E-state index contributed by atoms with van der Waals surface area (Å²) in [6, 6.07) is 12.9. The third kappa shape index (κ3) is 6.36. The first-order valence-corrected chi connectivity index (χ1v) is 10.7. The van der Waals surface area contributed by atoms with Gasteiger partial charge in [-0.3, -0.25) is 0 Å². The van der Waals surface area contributed by atoms with Crippen molar-refractivity contribution in [3.63, 3.8) is 0 Å². The van der Waals surface area contributed by atoms with Gasteiger partial charge in [0.15, 0.2) is 0 Å². The molecule has 1 fully saturated rings. The highest BCUT2D eigenvalue weighted by Crippen LogP contribution is 2.29. The van der Waals surface area contributed by atoms with Gasteiger partial charge in [0, 0.05) is 17.2 Å². The van der Waals surface area contributed by atoms with Crippen molar-refractivity contribution in [2.75, 3.05) is 6.61 Å². The molecule has 0 bridgehead atoms. The van der Waals surface area contributed by atoms with E-state index in [4.69, 9.17) is 16.3 Å². The molecule has 1 nitrogen and oxygen atoms in total. The van der Waals surface area contributed by atoms with Crippen LogP contribution in [-0.2, 0) is 11.2 Å². The Morgan fingerprint density at radius 2 is 1.79 bits per heavy atom. The molecule has 0 atom stereocenters. The largest absolute Gasteiger partial charge is 0.378 e. The minimum Gasteiger partial charge on any atom is -0.378 e. The topological polar surface area (TPSA) is 9.23 Å². The molecule has 0 spiro atoms. The highest BCUT2D eigenvalue weighted by molar-refractivity contribution is 6.30. The first-order chi connectivity index (χ1) is 13.6. The van der Waals surface area contributed by atoms with E-state index >= 15 is 0 Å². The maximum absolute atomic E-state index is 13.8. The molecule has 3 heteroatoms. The molecule has 0 amide bonds. The average molecular weight is 399 g/mol. The summed E-state index contributed by atoms with van der Waals surface area (Å²) >= 11 is 5.77. The summed E-state index contributed by atoms with van der Waals surface area (Å²) in [6.45, 7) is 3.06. The summed E-state index contributed by atoms with van der Waals surface area (Å²) in [5, 5.41) is 0.384. The second-order valence-corrected chi connectivity index (χ2v) is 8.06. The second kappa shape index (κ2) is 10.6. The van der Waals surface area contributed by atoms with Crippen LogP contribution in [0.15, 0.2) is 42.5 Å². The van der Waals surface area contributed by atoms with Crippen molar-refractivity contribution < 1.29 is 9.13 Å². The molecule has 0 aromatic heterocycles. The van der Waals surface area contributed by atoms with Crippen LogP contribution in [0.5, 0.6) is 0 Å². The summed E-state index contributed by atoms with van der Waals surface area (Å²) in [6.07, 6.45) is 8.91. The first-order valence-electron chi connectivity index (χ1n) is 10.3. The molecule has 148 valence electrons. The van der Waals surface area contributed by atoms with Gasteiger partial charge in [-0.05, 0) is 86.8 Å². The monoisotopic (exact) mass is 398 g/mol. The number of rotatable bonds is 6. The minimum absolute atomic E-state index is 0.368. The smallest absolute Gasteiger partial charge is 0.140 e. The lowest BCUT2D eigenvalue weighted by Gasteiger charge is -2.28. The van der Waals surface area contributed by atoms with E-state index in [-0.39, 0.29) is 5.82 Å². The molecule has 1 aliphatic rings. The predicted octanol–water partition coefficient (Wildman–Crippen LogP) is 6.80. The predicted molar refractivity (Wildman–Crippen MR) is 114 cm³/mol. The van der Waals surface area contributed by atoms with Crippen molar-refractivity contribution in [2.45, 2.75) is 58.0 Å². The van der Waals surface area contributed by atoms with Crippen molar-refractivity contribution in [1.82, 2.24) is 0 Å². The Morgan fingerprint density at radius 3 is 2.46 bits per heavy atom. The van der Waals surface area contributed by atoms with Crippen LogP contribution in [0.25, 0.3) is 0 Å². The molecule has 1 saturated carbocycles. The molecule has 0 N–H and O–H groups in total. The van der Waals surface area contributed by atoms with Gasteiger partial charge in [-0.1, -0.05) is 42.5 Å². The Hall–Kier alpha value is -1.82. The highest BCUT2D eigenvalue weighted by atomic mass is 35.5. The number of hydrogen-bond acceptors (Lipinski definition) is 1. The standard InChI is InChI=1S/C25H28ClFO/c1-2-17-28-24-15-10-21(11-16-24)8-5-19-3-6-20(7-4-19)9-12-22-13-14-23(26)18-25(22)27/h3-4,6-7,13-14,18,21,24H,2,5,8,10-11,15-17H2,1H3. The van der Waals surface area contributed by atoms with Crippen LogP contribution in [-0.4, -0.2) is 12.7 Å². The zero-order valence-electron chi connectivity index (χ0n) is 16.5.